The first-order valence-electron chi connectivity index (χ1n) is 8.05. The molecule has 0 bridgehead atoms. The molecule has 0 saturated carbocycles. The number of furan rings is 1. The van der Waals surface area contributed by atoms with Crippen LogP contribution in [0.25, 0.3) is 10.6 Å². The van der Waals surface area contributed by atoms with Crippen LogP contribution in [0.2, 0.25) is 0 Å². The fourth-order valence-corrected chi connectivity index (χ4v) is 3.88. The molecule has 1 aliphatic rings. The topological polar surface area (TPSA) is 47.1 Å². The maximum atomic E-state index is 5.45. The maximum Gasteiger partial charge on any atom is 0.128 e. The van der Waals surface area contributed by atoms with E-state index in [9.17, 15) is 0 Å². The minimum atomic E-state index is 0.0512. The Balaban J connectivity index is 1.49. The molecule has 1 atom stereocenters. The molecule has 23 heavy (non-hydrogen) atoms. The Hall–Kier alpha value is -1.92. The smallest absolute Gasteiger partial charge is 0.128 e. The van der Waals surface area contributed by atoms with Crippen LogP contribution in [0.3, 0.4) is 0 Å². The molecule has 0 unspecified atom stereocenters. The summed E-state index contributed by atoms with van der Waals surface area (Å²) < 4.78 is 7.31. The molecule has 120 valence electrons. The second-order valence-electron chi connectivity index (χ2n) is 6.08. The lowest BCUT2D eigenvalue weighted by Gasteiger charge is -2.12. The number of rotatable bonds is 5. The van der Waals surface area contributed by atoms with Gasteiger partial charge >= 0.3 is 0 Å². The van der Waals surface area contributed by atoms with E-state index < -0.39 is 0 Å². The lowest BCUT2D eigenvalue weighted by molar-refractivity contribution is 0.332. The van der Waals surface area contributed by atoms with Crippen molar-refractivity contribution in [2.75, 3.05) is 13.1 Å². The van der Waals surface area contributed by atoms with Gasteiger partial charge in [0.05, 0.1) is 17.3 Å². The van der Waals surface area contributed by atoms with Crippen LogP contribution < -0.4 is 0 Å². The SMILES string of the molecule is C[C@@H](c1ccco1)n1cc(-c2cc(CN3CCCC3)cs2)nn1. The Morgan fingerprint density at radius 1 is 1.35 bits per heavy atom. The number of hydrogen-bond acceptors (Lipinski definition) is 5. The van der Waals surface area contributed by atoms with Gasteiger partial charge in [0.2, 0.25) is 0 Å². The van der Waals surface area contributed by atoms with Crippen LogP contribution >= 0.6 is 11.3 Å². The largest absolute Gasteiger partial charge is 0.467 e. The van der Waals surface area contributed by atoms with Gasteiger partial charge in [-0.3, -0.25) is 4.90 Å². The summed E-state index contributed by atoms with van der Waals surface area (Å²) in [6.07, 6.45) is 6.35. The normalized spacial score (nSPS) is 16.9. The second-order valence-corrected chi connectivity index (χ2v) is 6.99. The van der Waals surface area contributed by atoms with Gasteiger partial charge in [-0.25, -0.2) is 4.68 Å². The van der Waals surface area contributed by atoms with Crippen molar-refractivity contribution in [1.29, 1.82) is 0 Å². The van der Waals surface area contributed by atoms with Crippen LogP contribution in [-0.2, 0) is 6.54 Å². The summed E-state index contributed by atoms with van der Waals surface area (Å²) in [7, 11) is 0. The van der Waals surface area contributed by atoms with E-state index in [2.05, 4.69) is 33.6 Å². The molecule has 6 heteroatoms. The van der Waals surface area contributed by atoms with Crippen LogP contribution in [0.5, 0.6) is 0 Å². The van der Waals surface area contributed by atoms with Crippen molar-refractivity contribution in [1.82, 2.24) is 19.9 Å². The highest BCUT2D eigenvalue weighted by Crippen LogP contribution is 2.28. The summed E-state index contributed by atoms with van der Waals surface area (Å²) in [5.41, 5.74) is 2.31. The third-order valence-corrected chi connectivity index (χ3v) is 5.37. The Bertz CT molecular complexity index is 755. The Labute approximate surface area is 139 Å². The van der Waals surface area contributed by atoms with E-state index in [-0.39, 0.29) is 6.04 Å². The Morgan fingerprint density at radius 3 is 3.00 bits per heavy atom. The number of likely N-dealkylation sites (tertiary alicyclic amines) is 1. The minimum absolute atomic E-state index is 0.0512. The van der Waals surface area contributed by atoms with Gasteiger partial charge in [-0.15, -0.1) is 16.4 Å². The van der Waals surface area contributed by atoms with Gasteiger partial charge in [-0.2, -0.15) is 0 Å². The zero-order valence-corrected chi connectivity index (χ0v) is 14.0. The molecule has 1 aliphatic heterocycles. The molecule has 1 saturated heterocycles. The average molecular weight is 328 g/mol. The fraction of sp³-hybridized carbons (Fsp3) is 0.412. The molecule has 5 nitrogen and oxygen atoms in total. The van der Waals surface area contributed by atoms with Gasteiger partial charge in [0.1, 0.15) is 17.5 Å². The Kier molecular flexibility index (Phi) is 4.01. The first-order chi connectivity index (χ1) is 11.3. The monoisotopic (exact) mass is 328 g/mol. The molecule has 0 amide bonds. The zero-order valence-electron chi connectivity index (χ0n) is 13.2. The van der Waals surface area contributed by atoms with Gasteiger partial charge in [-0.05, 0) is 62.0 Å². The number of aromatic nitrogens is 3. The minimum Gasteiger partial charge on any atom is -0.467 e. The molecule has 0 N–H and O–H groups in total. The summed E-state index contributed by atoms with van der Waals surface area (Å²) in [6.45, 7) is 5.56. The van der Waals surface area contributed by atoms with Crippen LogP contribution in [-0.4, -0.2) is 33.0 Å². The standard InChI is InChI=1S/C17H20N4OS/c1-13(16-5-4-8-22-16)21-11-15(18-19-21)17-9-14(12-23-17)10-20-6-2-3-7-20/h4-5,8-9,11-13H,2-3,6-7,10H2,1H3/t13-/m0/s1. The molecule has 0 aliphatic carbocycles. The average Bonchev–Trinajstić information content (AvgIpc) is 3.33. The van der Waals surface area contributed by atoms with Gasteiger partial charge in [0.25, 0.3) is 0 Å². The molecule has 0 radical (unpaired) electrons. The molecular weight excluding hydrogens is 308 g/mol. The molecule has 0 spiro atoms. The molecule has 3 aromatic heterocycles. The third-order valence-electron chi connectivity index (χ3n) is 4.37. The fourth-order valence-electron chi connectivity index (χ4n) is 3.03. The molecule has 3 aromatic rings. The van der Waals surface area contributed by atoms with Gasteiger partial charge < -0.3 is 4.42 Å². The maximum absolute atomic E-state index is 5.45. The summed E-state index contributed by atoms with van der Waals surface area (Å²) in [6, 6.07) is 6.16. The van der Waals surface area contributed by atoms with E-state index in [1.54, 1.807) is 17.6 Å². The van der Waals surface area contributed by atoms with Crippen molar-refractivity contribution in [2.45, 2.75) is 32.4 Å². The van der Waals surface area contributed by atoms with E-state index in [4.69, 9.17) is 4.42 Å². The first-order valence-corrected chi connectivity index (χ1v) is 8.93. The van der Waals surface area contributed by atoms with E-state index in [1.165, 1.54) is 36.4 Å². The summed E-state index contributed by atoms with van der Waals surface area (Å²) >= 11 is 1.74. The summed E-state index contributed by atoms with van der Waals surface area (Å²) in [5, 5.41) is 10.8. The zero-order chi connectivity index (χ0) is 15.6. The molecule has 1 fully saturated rings. The van der Waals surface area contributed by atoms with Crippen molar-refractivity contribution < 1.29 is 4.42 Å². The third kappa shape index (κ3) is 3.09. The van der Waals surface area contributed by atoms with Gasteiger partial charge in [0, 0.05) is 6.54 Å². The van der Waals surface area contributed by atoms with Gasteiger partial charge in [-0.1, -0.05) is 5.21 Å². The number of thiophene rings is 1. The van der Waals surface area contributed by atoms with Crippen LogP contribution in [0.4, 0.5) is 0 Å². The highest BCUT2D eigenvalue weighted by Gasteiger charge is 2.16. The lowest BCUT2D eigenvalue weighted by atomic mass is 10.2. The van der Waals surface area contributed by atoms with Crippen molar-refractivity contribution in [2.24, 2.45) is 0 Å². The van der Waals surface area contributed by atoms with Crippen molar-refractivity contribution in [3.63, 3.8) is 0 Å². The molecule has 4 heterocycles. The van der Waals surface area contributed by atoms with E-state index >= 15 is 0 Å². The number of nitrogens with zero attached hydrogens (tertiary/aromatic N) is 4. The highest BCUT2D eigenvalue weighted by molar-refractivity contribution is 7.13. The molecular formula is C17H20N4OS. The summed E-state index contributed by atoms with van der Waals surface area (Å²) in [5.74, 6) is 0.891. The predicted molar refractivity (Wildman–Crippen MR) is 90.4 cm³/mol. The lowest BCUT2D eigenvalue weighted by Crippen LogP contribution is -2.17. The van der Waals surface area contributed by atoms with E-state index in [0.29, 0.717) is 0 Å². The van der Waals surface area contributed by atoms with Gasteiger partial charge in [0.15, 0.2) is 0 Å². The quantitative estimate of drug-likeness (QED) is 0.714. The van der Waals surface area contributed by atoms with Crippen LogP contribution in [0, 0.1) is 0 Å². The van der Waals surface area contributed by atoms with E-state index in [0.717, 1.165) is 18.0 Å². The highest BCUT2D eigenvalue weighted by atomic mass is 32.1. The van der Waals surface area contributed by atoms with Crippen molar-refractivity contribution in [3.8, 4) is 10.6 Å². The molecule has 0 aromatic carbocycles. The first kappa shape index (κ1) is 14.7. The second kappa shape index (κ2) is 6.29. The van der Waals surface area contributed by atoms with Crippen LogP contribution in [0.15, 0.2) is 40.5 Å². The van der Waals surface area contributed by atoms with Crippen molar-refractivity contribution in [3.05, 3.63) is 47.4 Å². The number of hydrogen-bond donors (Lipinski definition) is 0. The predicted octanol–water partition coefficient (Wildman–Crippen LogP) is 3.80. The Morgan fingerprint density at radius 2 is 2.22 bits per heavy atom. The van der Waals surface area contributed by atoms with Crippen molar-refractivity contribution >= 4 is 11.3 Å². The molecule has 4 rings (SSSR count). The van der Waals surface area contributed by atoms with E-state index in [1.807, 2.05) is 23.0 Å². The van der Waals surface area contributed by atoms with Crippen LogP contribution in [0.1, 0.15) is 37.1 Å². The summed E-state index contributed by atoms with van der Waals surface area (Å²) in [4.78, 5) is 3.69.